The molecular formula is C15H21N5. The predicted molar refractivity (Wildman–Crippen MR) is 81.3 cm³/mol. The molecule has 0 radical (unpaired) electrons. The van der Waals surface area contributed by atoms with Crippen LogP contribution in [-0.2, 0) is 6.54 Å². The second kappa shape index (κ2) is 5.34. The van der Waals surface area contributed by atoms with Gasteiger partial charge in [0.1, 0.15) is 12.1 Å². The van der Waals surface area contributed by atoms with Gasteiger partial charge in [0.15, 0.2) is 0 Å². The highest BCUT2D eigenvalue weighted by Gasteiger charge is 2.20. The number of anilines is 1. The monoisotopic (exact) mass is 271 g/mol. The van der Waals surface area contributed by atoms with Crippen molar-refractivity contribution >= 4 is 16.7 Å². The quantitative estimate of drug-likeness (QED) is 0.864. The summed E-state index contributed by atoms with van der Waals surface area (Å²) in [5, 5.41) is 4.48. The van der Waals surface area contributed by atoms with E-state index >= 15 is 0 Å². The van der Waals surface area contributed by atoms with Crippen molar-refractivity contribution in [3.63, 3.8) is 0 Å². The molecule has 3 rings (SSSR count). The van der Waals surface area contributed by atoms with Gasteiger partial charge in [-0.3, -0.25) is 4.90 Å². The van der Waals surface area contributed by atoms with Gasteiger partial charge >= 0.3 is 0 Å². The zero-order valence-electron chi connectivity index (χ0n) is 12.0. The Bertz CT molecular complexity index is 602. The first-order valence-electron chi connectivity index (χ1n) is 7.09. The van der Waals surface area contributed by atoms with E-state index in [1.807, 2.05) is 6.07 Å². The molecule has 5 nitrogen and oxygen atoms in total. The minimum Gasteiger partial charge on any atom is -0.383 e. The van der Waals surface area contributed by atoms with Crippen LogP contribution < -0.4 is 11.1 Å². The van der Waals surface area contributed by atoms with E-state index in [-0.39, 0.29) is 0 Å². The number of hydrogen-bond acceptors (Lipinski definition) is 5. The molecule has 0 aliphatic carbocycles. The van der Waals surface area contributed by atoms with E-state index in [2.05, 4.69) is 46.2 Å². The summed E-state index contributed by atoms with van der Waals surface area (Å²) in [6, 6.07) is 7.34. The molecule has 1 aliphatic rings. The number of piperazine rings is 1. The van der Waals surface area contributed by atoms with Crippen LogP contribution in [0.4, 0.5) is 5.82 Å². The SMILES string of the molecule is C[C@@H]1CN(Cc2ccc3c(N)ncnc3c2)C[C@H](C)N1. The number of hydrogen-bond donors (Lipinski definition) is 2. The largest absolute Gasteiger partial charge is 0.383 e. The second-order valence-electron chi connectivity index (χ2n) is 5.77. The average Bonchev–Trinajstić information content (AvgIpc) is 2.37. The van der Waals surface area contributed by atoms with Crippen LogP contribution in [0.3, 0.4) is 0 Å². The molecule has 0 unspecified atom stereocenters. The van der Waals surface area contributed by atoms with E-state index in [1.165, 1.54) is 11.9 Å². The Morgan fingerprint density at radius 3 is 2.75 bits per heavy atom. The maximum atomic E-state index is 5.86. The Morgan fingerprint density at radius 1 is 1.25 bits per heavy atom. The molecule has 3 N–H and O–H groups in total. The zero-order valence-corrected chi connectivity index (χ0v) is 12.0. The second-order valence-corrected chi connectivity index (χ2v) is 5.77. The van der Waals surface area contributed by atoms with Gasteiger partial charge in [-0.25, -0.2) is 9.97 Å². The molecule has 0 bridgehead atoms. The summed E-state index contributed by atoms with van der Waals surface area (Å²) in [6.07, 6.45) is 1.52. The predicted octanol–water partition coefficient (Wildman–Crippen LogP) is 1.39. The van der Waals surface area contributed by atoms with Crippen LogP contribution >= 0.6 is 0 Å². The summed E-state index contributed by atoms with van der Waals surface area (Å²) in [4.78, 5) is 10.8. The van der Waals surface area contributed by atoms with Crippen molar-refractivity contribution in [3.05, 3.63) is 30.1 Å². The molecule has 20 heavy (non-hydrogen) atoms. The van der Waals surface area contributed by atoms with Crippen molar-refractivity contribution in [3.8, 4) is 0 Å². The van der Waals surface area contributed by atoms with Crippen molar-refractivity contribution in [2.24, 2.45) is 0 Å². The van der Waals surface area contributed by atoms with Crippen LogP contribution in [0.15, 0.2) is 24.5 Å². The number of nitrogens with one attached hydrogen (secondary N) is 1. The molecule has 5 heteroatoms. The maximum absolute atomic E-state index is 5.86. The van der Waals surface area contributed by atoms with Crippen LogP contribution in [0.1, 0.15) is 19.4 Å². The van der Waals surface area contributed by atoms with Crippen LogP contribution in [0.25, 0.3) is 10.9 Å². The summed E-state index contributed by atoms with van der Waals surface area (Å²) < 4.78 is 0. The highest BCUT2D eigenvalue weighted by molar-refractivity contribution is 5.87. The fourth-order valence-corrected chi connectivity index (χ4v) is 3.05. The maximum Gasteiger partial charge on any atom is 0.134 e. The highest BCUT2D eigenvalue weighted by Crippen LogP contribution is 2.19. The van der Waals surface area contributed by atoms with E-state index < -0.39 is 0 Å². The summed E-state index contributed by atoms with van der Waals surface area (Å²) in [5.74, 6) is 0.547. The molecule has 106 valence electrons. The topological polar surface area (TPSA) is 67.1 Å². The van der Waals surface area contributed by atoms with Gasteiger partial charge in [0, 0.05) is 37.1 Å². The Balaban J connectivity index is 1.81. The van der Waals surface area contributed by atoms with Gasteiger partial charge in [0.25, 0.3) is 0 Å². The van der Waals surface area contributed by atoms with Crippen molar-refractivity contribution < 1.29 is 0 Å². The average molecular weight is 271 g/mol. The number of nitrogens with zero attached hydrogens (tertiary/aromatic N) is 3. The molecule has 2 heterocycles. The number of nitrogens with two attached hydrogens (primary N) is 1. The lowest BCUT2D eigenvalue weighted by atomic mass is 10.1. The molecule has 0 saturated carbocycles. The van der Waals surface area contributed by atoms with Gasteiger partial charge in [-0.1, -0.05) is 6.07 Å². The standard InChI is InChI=1S/C15H21N5/c1-10-6-20(7-11(2)19-10)8-12-3-4-13-14(5-12)17-9-18-15(13)16/h3-5,9-11,19H,6-8H2,1-2H3,(H2,16,17,18)/t10-,11+. The summed E-state index contributed by atoms with van der Waals surface area (Å²) in [7, 11) is 0. The van der Waals surface area contributed by atoms with E-state index in [0.717, 1.165) is 30.5 Å². The van der Waals surface area contributed by atoms with Gasteiger partial charge in [-0.15, -0.1) is 0 Å². The van der Waals surface area contributed by atoms with Crippen molar-refractivity contribution in [1.29, 1.82) is 0 Å². The number of nitrogen functional groups attached to an aromatic ring is 1. The fraction of sp³-hybridized carbons (Fsp3) is 0.467. The molecule has 0 spiro atoms. The fourth-order valence-electron chi connectivity index (χ4n) is 3.05. The lowest BCUT2D eigenvalue weighted by molar-refractivity contribution is 0.166. The van der Waals surface area contributed by atoms with Crippen LogP contribution in [0, 0.1) is 0 Å². The Morgan fingerprint density at radius 2 is 2.00 bits per heavy atom. The minimum atomic E-state index is 0.539. The number of rotatable bonds is 2. The Labute approximate surface area is 119 Å². The zero-order chi connectivity index (χ0) is 14.1. The van der Waals surface area contributed by atoms with Crippen molar-refractivity contribution in [2.45, 2.75) is 32.5 Å². The molecule has 1 saturated heterocycles. The smallest absolute Gasteiger partial charge is 0.134 e. The molecule has 1 aromatic carbocycles. The first kappa shape index (κ1) is 13.3. The number of fused-ring (bicyclic) bond motifs is 1. The number of benzene rings is 1. The molecule has 1 aliphatic heterocycles. The van der Waals surface area contributed by atoms with Gasteiger partial charge in [-0.2, -0.15) is 0 Å². The molecule has 1 fully saturated rings. The summed E-state index contributed by atoms with van der Waals surface area (Å²) in [6.45, 7) is 7.58. The van der Waals surface area contributed by atoms with Crippen molar-refractivity contribution in [1.82, 2.24) is 20.2 Å². The van der Waals surface area contributed by atoms with E-state index in [1.54, 1.807) is 0 Å². The number of aromatic nitrogens is 2. The molecular weight excluding hydrogens is 250 g/mol. The Kier molecular flexibility index (Phi) is 3.54. The lowest BCUT2D eigenvalue weighted by Gasteiger charge is -2.36. The van der Waals surface area contributed by atoms with Gasteiger partial charge in [0.05, 0.1) is 5.52 Å². The summed E-state index contributed by atoms with van der Waals surface area (Å²) in [5.41, 5.74) is 8.05. The molecule has 2 atom stereocenters. The normalized spacial score (nSPS) is 24.1. The first-order valence-corrected chi connectivity index (χ1v) is 7.09. The van der Waals surface area contributed by atoms with Crippen LogP contribution in [-0.4, -0.2) is 40.0 Å². The molecule has 1 aromatic heterocycles. The Hall–Kier alpha value is -1.72. The van der Waals surface area contributed by atoms with E-state index in [0.29, 0.717) is 17.9 Å². The minimum absolute atomic E-state index is 0.539. The van der Waals surface area contributed by atoms with Gasteiger partial charge in [-0.05, 0) is 31.5 Å². The first-order chi connectivity index (χ1) is 9.61. The van der Waals surface area contributed by atoms with Gasteiger partial charge < -0.3 is 11.1 Å². The van der Waals surface area contributed by atoms with Crippen LogP contribution in [0.5, 0.6) is 0 Å². The molecule has 2 aromatic rings. The van der Waals surface area contributed by atoms with Crippen LogP contribution in [0.2, 0.25) is 0 Å². The van der Waals surface area contributed by atoms with Crippen molar-refractivity contribution in [2.75, 3.05) is 18.8 Å². The third-order valence-electron chi connectivity index (χ3n) is 3.77. The van der Waals surface area contributed by atoms with Gasteiger partial charge in [0.2, 0.25) is 0 Å². The summed E-state index contributed by atoms with van der Waals surface area (Å²) >= 11 is 0. The third-order valence-corrected chi connectivity index (χ3v) is 3.77. The highest BCUT2D eigenvalue weighted by atomic mass is 15.2. The molecule has 0 amide bonds. The van der Waals surface area contributed by atoms with E-state index in [9.17, 15) is 0 Å². The van der Waals surface area contributed by atoms with E-state index in [4.69, 9.17) is 5.73 Å². The lowest BCUT2D eigenvalue weighted by Crippen LogP contribution is -2.53. The third kappa shape index (κ3) is 2.73.